The van der Waals surface area contributed by atoms with Gasteiger partial charge in [-0.3, -0.25) is 9.79 Å². The van der Waals surface area contributed by atoms with Gasteiger partial charge in [0.1, 0.15) is 15.5 Å². The summed E-state index contributed by atoms with van der Waals surface area (Å²) in [7, 11) is 1.31. The number of aliphatic imine (C=N–C) groups is 1. The molecule has 0 atom stereocenters. The topological polar surface area (TPSA) is 110 Å². The van der Waals surface area contributed by atoms with Crippen LogP contribution >= 0.6 is 23.1 Å². The smallest absolute Gasteiger partial charge is 0.348 e. The van der Waals surface area contributed by atoms with E-state index in [9.17, 15) is 9.59 Å². The molecule has 0 aromatic carbocycles. The highest BCUT2D eigenvalue weighted by Gasteiger charge is 2.19. The van der Waals surface area contributed by atoms with Crippen LogP contribution in [0, 0.1) is 6.92 Å². The van der Waals surface area contributed by atoms with Crippen molar-refractivity contribution in [1.82, 2.24) is 9.97 Å². The third-order valence-electron chi connectivity index (χ3n) is 2.96. The fourth-order valence-corrected chi connectivity index (χ4v) is 3.80. The summed E-state index contributed by atoms with van der Waals surface area (Å²) in [6.45, 7) is 5.58. The number of carbonyl (C=O) groups excluding carboxylic acids is 1. The zero-order valence-electron chi connectivity index (χ0n) is 13.3. The van der Waals surface area contributed by atoms with Gasteiger partial charge in [-0.15, -0.1) is 11.3 Å². The number of esters is 1. The van der Waals surface area contributed by atoms with Gasteiger partial charge in [-0.25, -0.2) is 9.78 Å². The van der Waals surface area contributed by atoms with Crippen LogP contribution in [0.1, 0.15) is 34.9 Å². The number of H-pyrrole nitrogens is 1. The van der Waals surface area contributed by atoms with E-state index in [1.165, 1.54) is 18.9 Å². The highest BCUT2D eigenvalue weighted by Crippen LogP contribution is 2.27. The lowest BCUT2D eigenvalue weighted by molar-refractivity contribution is 0.0605. The first kappa shape index (κ1) is 17.5. The van der Waals surface area contributed by atoms with Crippen LogP contribution in [0.4, 0.5) is 0 Å². The maximum atomic E-state index is 12.3. The van der Waals surface area contributed by atoms with Crippen molar-refractivity contribution in [2.75, 3.05) is 7.11 Å². The largest absolute Gasteiger partial charge is 0.465 e. The van der Waals surface area contributed by atoms with Crippen molar-refractivity contribution >= 4 is 44.5 Å². The molecule has 0 radical (unpaired) electrons. The number of nitrogens with one attached hydrogen (secondary N) is 1. The Labute approximate surface area is 141 Å². The average molecular weight is 354 g/mol. The van der Waals surface area contributed by atoms with Crippen LogP contribution in [0.25, 0.3) is 10.2 Å². The number of methoxy groups -OCH3 is 1. The number of amidine groups is 1. The van der Waals surface area contributed by atoms with E-state index in [4.69, 9.17) is 10.5 Å². The van der Waals surface area contributed by atoms with Gasteiger partial charge in [-0.05, 0) is 26.3 Å². The molecule has 2 heterocycles. The molecule has 0 unspecified atom stereocenters. The van der Waals surface area contributed by atoms with E-state index in [2.05, 4.69) is 15.0 Å². The van der Waals surface area contributed by atoms with Crippen LogP contribution in [-0.2, 0) is 10.5 Å². The van der Waals surface area contributed by atoms with Crippen LogP contribution in [0.5, 0.6) is 0 Å². The molecular formula is C14H18N4O3S2. The Hall–Kier alpha value is -1.87. The molecule has 0 saturated heterocycles. The Morgan fingerprint density at radius 1 is 1.52 bits per heavy atom. The van der Waals surface area contributed by atoms with E-state index in [1.54, 1.807) is 6.92 Å². The molecule has 0 aliphatic carbocycles. The van der Waals surface area contributed by atoms with Gasteiger partial charge in [-0.1, -0.05) is 11.8 Å². The van der Waals surface area contributed by atoms with Gasteiger partial charge in [0, 0.05) is 6.04 Å². The lowest BCUT2D eigenvalue weighted by Crippen LogP contribution is -2.14. The molecule has 23 heavy (non-hydrogen) atoms. The lowest BCUT2D eigenvalue weighted by Gasteiger charge is -2.03. The molecule has 0 amide bonds. The molecule has 0 bridgehead atoms. The highest BCUT2D eigenvalue weighted by molar-refractivity contribution is 8.13. The molecule has 9 heteroatoms. The quantitative estimate of drug-likeness (QED) is 0.494. The second-order valence-electron chi connectivity index (χ2n) is 5.09. The van der Waals surface area contributed by atoms with Crippen molar-refractivity contribution in [2.24, 2.45) is 10.7 Å². The van der Waals surface area contributed by atoms with Crippen molar-refractivity contribution < 1.29 is 9.53 Å². The van der Waals surface area contributed by atoms with Crippen molar-refractivity contribution in [3.63, 3.8) is 0 Å². The van der Waals surface area contributed by atoms with Crippen molar-refractivity contribution in [3.8, 4) is 0 Å². The van der Waals surface area contributed by atoms with Gasteiger partial charge >= 0.3 is 5.97 Å². The summed E-state index contributed by atoms with van der Waals surface area (Å²) in [6, 6.07) is 0.111. The van der Waals surface area contributed by atoms with Gasteiger partial charge in [0.05, 0.1) is 18.2 Å². The number of hydrogen-bond donors (Lipinski definition) is 2. The normalized spacial score (nSPS) is 12.1. The standard InChI is InChI=1S/C14H18N4O3S2/c1-6(2)16-14(15)22-5-8-17-11(19)9-7(3)10(13(20)21-4)23-12(9)18-8/h6H,5H2,1-4H3,(H2,15,16)(H,17,18,19). The zero-order chi connectivity index (χ0) is 17.1. The molecule has 7 nitrogen and oxygen atoms in total. The molecule has 2 aromatic rings. The minimum Gasteiger partial charge on any atom is -0.465 e. The fraction of sp³-hybridized carbons (Fsp3) is 0.429. The molecular weight excluding hydrogens is 336 g/mol. The SMILES string of the molecule is COC(=O)c1sc2nc(CSC(N)=NC(C)C)[nH]c(=O)c2c1C. The first-order chi connectivity index (χ1) is 10.8. The average Bonchev–Trinajstić information content (AvgIpc) is 2.81. The van der Waals surface area contributed by atoms with Crippen molar-refractivity contribution in [2.45, 2.75) is 32.6 Å². The van der Waals surface area contributed by atoms with Gasteiger partial charge in [0.2, 0.25) is 0 Å². The maximum absolute atomic E-state index is 12.3. The number of thiophene rings is 1. The highest BCUT2D eigenvalue weighted by atomic mass is 32.2. The molecule has 0 fully saturated rings. The second kappa shape index (κ2) is 7.14. The zero-order valence-corrected chi connectivity index (χ0v) is 14.9. The Kier molecular flexibility index (Phi) is 5.42. The molecule has 124 valence electrons. The number of fused-ring (bicyclic) bond motifs is 1. The number of aryl methyl sites for hydroxylation is 1. The predicted molar refractivity (Wildman–Crippen MR) is 94.4 cm³/mol. The van der Waals surface area contributed by atoms with E-state index in [1.807, 2.05) is 13.8 Å². The maximum Gasteiger partial charge on any atom is 0.348 e. The van der Waals surface area contributed by atoms with Gasteiger partial charge in [0.25, 0.3) is 5.56 Å². The number of aromatic nitrogens is 2. The number of aromatic amines is 1. The van der Waals surface area contributed by atoms with E-state index < -0.39 is 5.97 Å². The summed E-state index contributed by atoms with van der Waals surface area (Å²) in [5.41, 5.74) is 6.11. The van der Waals surface area contributed by atoms with E-state index in [0.717, 1.165) is 11.3 Å². The molecule has 0 aliphatic heterocycles. The van der Waals surface area contributed by atoms with Gasteiger partial charge < -0.3 is 15.5 Å². The monoisotopic (exact) mass is 354 g/mol. The van der Waals surface area contributed by atoms with Gasteiger partial charge in [0.15, 0.2) is 5.17 Å². The van der Waals surface area contributed by atoms with Crippen molar-refractivity contribution in [1.29, 1.82) is 0 Å². The van der Waals surface area contributed by atoms with Crippen LogP contribution in [0.2, 0.25) is 0 Å². The van der Waals surface area contributed by atoms with E-state index >= 15 is 0 Å². The number of rotatable bonds is 4. The van der Waals surface area contributed by atoms with Crippen LogP contribution < -0.4 is 11.3 Å². The first-order valence-electron chi connectivity index (χ1n) is 6.90. The molecule has 3 N–H and O–H groups in total. The summed E-state index contributed by atoms with van der Waals surface area (Å²) in [4.78, 5) is 36.2. The molecule has 2 aromatic heterocycles. The molecule has 0 aliphatic rings. The fourth-order valence-electron chi connectivity index (χ4n) is 1.98. The molecule has 2 rings (SSSR count). The first-order valence-corrected chi connectivity index (χ1v) is 8.70. The second-order valence-corrected chi connectivity index (χ2v) is 7.08. The van der Waals surface area contributed by atoms with Crippen LogP contribution in [0.3, 0.4) is 0 Å². The summed E-state index contributed by atoms with van der Waals surface area (Å²) in [5, 5.41) is 0.869. The van der Waals surface area contributed by atoms with Gasteiger partial charge in [-0.2, -0.15) is 0 Å². The molecule has 0 saturated carbocycles. The summed E-state index contributed by atoms with van der Waals surface area (Å²) < 4.78 is 4.73. The third kappa shape index (κ3) is 3.91. The van der Waals surface area contributed by atoms with Crippen LogP contribution in [0.15, 0.2) is 9.79 Å². The number of hydrogen-bond acceptors (Lipinski definition) is 7. The Morgan fingerprint density at radius 2 is 2.22 bits per heavy atom. The lowest BCUT2D eigenvalue weighted by atomic mass is 10.2. The third-order valence-corrected chi connectivity index (χ3v) is 4.95. The number of ether oxygens (including phenoxy) is 1. The van der Waals surface area contributed by atoms with Crippen LogP contribution in [-0.4, -0.2) is 34.3 Å². The van der Waals surface area contributed by atoms with E-state index in [-0.39, 0.29) is 11.6 Å². The number of nitrogens with two attached hydrogens (primary N) is 1. The summed E-state index contributed by atoms with van der Waals surface area (Å²) in [6.07, 6.45) is 0. The minimum atomic E-state index is -0.464. The van der Waals surface area contributed by atoms with Crippen molar-refractivity contribution in [3.05, 3.63) is 26.6 Å². The number of carbonyl (C=O) groups is 1. The molecule has 0 spiro atoms. The Morgan fingerprint density at radius 3 is 2.83 bits per heavy atom. The Bertz CT molecular complexity index is 823. The minimum absolute atomic E-state index is 0.111. The number of nitrogens with zero attached hydrogens (tertiary/aromatic N) is 2. The van der Waals surface area contributed by atoms with E-state index in [0.29, 0.717) is 37.4 Å². The number of thioether (sulfide) groups is 1. The predicted octanol–water partition coefficient (Wildman–Crippen LogP) is 2.04. The summed E-state index contributed by atoms with van der Waals surface area (Å²) in [5.74, 6) is 0.429. The Balaban J connectivity index is 2.35. The summed E-state index contributed by atoms with van der Waals surface area (Å²) >= 11 is 2.46.